The normalized spacial score (nSPS) is 20.7. The van der Waals surface area contributed by atoms with E-state index in [1.54, 1.807) is 31.5 Å². The summed E-state index contributed by atoms with van der Waals surface area (Å²) in [5, 5.41) is 7.49. The number of ether oxygens (including phenoxy) is 1. The van der Waals surface area contributed by atoms with Crippen LogP contribution in [0.4, 0.5) is 28.8 Å². The zero-order valence-corrected chi connectivity index (χ0v) is 29.6. The molecule has 2 N–H and O–H groups in total. The minimum atomic E-state index is -2.74. The molecule has 0 saturated carbocycles. The number of nitrogens with one attached hydrogen (secondary N) is 2. The van der Waals surface area contributed by atoms with E-state index in [1.807, 2.05) is 18.2 Å². The molecule has 1 unspecified atom stereocenters. The standard InChI is InChI=1S/C34H41BrN9O2P/c1-4-23-20-28(30(46-3)21-29(23)44-12-8-24(9-13-44)43-16-14-42(2)15-17-43)40-34-38-22-25(35)33(41-34)39-27-7-6-26-31(37-11-10-36-26)32(27)47(45)18-5-19-47/h5-7,10-11,18,20-22,24H,4,8-9,12-17,19H2,1-3H3,(H2,38,39,40,41). The van der Waals surface area contributed by atoms with Crippen molar-refractivity contribution < 1.29 is 9.30 Å². The third-order valence-electron chi connectivity index (χ3n) is 9.60. The van der Waals surface area contributed by atoms with E-state index in [1.165, 1.54) is 37.2 Å². The second kappa shape index (κ2) is 13.5. The smallest absolute Gasteiger partial charge is 0.229 e. The molecule has 11 nitrogen and oxygen atoms in total. The number of likely N-dealkylation sites (N-methyl/N-ethyl adjacent to an activating group) is 1. The highest BCUT2D eigenvalue weighted by atomic mass is 79.9. The Morgan fingerprint density at radius 2 is 1.77 bits per heavy atom. The first-order valence-corrected chi connectivity index (χ1v) is 19.1. The summed E-state index contributed by atoms with van der Waals surface area (Å²) < 4.78 is 20.4. The lowest BCUT2D eigenvalue weighted by Crippen LogP contribution is -2.52. The first kappa shape index (κ1) is 32.0. The van der Waals surface area contributed by atoms with Crippen molar-refractivity contribution in [2.45, 2.75) is 32.2 Å². The largest absolute Gasteiger partial charge is 0.494 e. The number of halogens is 1. The summed E-state index contributed by atoms with van der Waals surface area (Å²) >= 11 is 3.60. The number of rotatable bonds is 9. The summed E-state index contributed by atoms with van der Waals surface area (Å²) in [5.74, 6) is 3.48. The molecule has 2 saturated heterocycles. The first-order chi connectivity index (χ1) is 22.8. The molecule has 4 aromatic rings. The van der Waals surface area contributed by atoms with Crippen LogP contribution in [0.1, 0.15) is 25.3 Å². The van der Waals surface area contributed by atoms with Gasteiger partial charge in [-0.1, -0.05) is 13.0 Å². The Hall–Kier alpha value is -3.57. The number of fused-ring (bicyclic) bond motifs is 1. The predicted molar refractivity (Wildman–Crippen MR) is 194 cm³/mol. The van der Waals surface area contributed by atoms with E-state index >= 15 is 0 Å². The molecule has 2 aromatic carbocycles. The Bertz CT molecular complexity index is 1860. The number of methoxy groups -OCH3 is 1. The van der Waals surface area contributed by atoms with Crippen LogP contribution in [0.2, 0.25) is 0 Å². The zero-order valence-electron chi connectivity index (χ0n) is 27.1. The van der Waals surface area contributed by atoms with Crippen LogP contribution in [0.3, 0.4) is 0 Å². The molecule has 0 radical (unpaired) electrons. The molecule has 1 atom stereocenters. The number of piperidine rings is 1. The van der Waals surface area contributed by atoms with Crippen LogP contribution in [0.25, 0.3) is 11.0 Å². The Morgan fingerprint density at radius 1 is 1.00 bits per heavy atom. The van der Waals surface area contributed by atoms with Gasteiger partial charge in [0.2, 0.25) is 5.95 Å². The molecule has 2 aromatic heterocycles. The van der Waals surface area contributed by atoms with Crippen LogP contribution in [0.15, 0.2) is 59.2 Å². The quantitative estimate of drug-likeness (QED) is 0.200. The lowest BCUT2D eigenvalue weighted by molar-refractivity contribution is 0.0982. The van der Waals surface area contributed by atoms with Gasteiger partial charge in [0.05, 0.1) is 33.8 Å². The third-order valence-corrected chi connectivity index (χ3v) is 12.8. The van der Waals surface area contributed by atoms with Crippen LogP contribution < -0.4 is 25.6 Å². The van der Waals surface area contributed by atoms with E-state index in [-0.39, 0.29) is 0 Å². The van der Waals surface area contributed by atoms with Crippen LogP contribution >= 0.6 is 23.1 Å². The molecule has 0 aliphatic carbocycles. The van der Waals surface area contributed by atoms with E-state index in [2.05, 4.69) is 82.3 Å². The summed E-state index contributed by atoms with van der Waals surface area (Å²) in [7, 11) is 1.17. The molecule has 47 heavy (non-hydrogen) atoms. The number of anilines is 5. The van der Waals surface area contributed by atoms with E-state index in [9.17, 15) is 4.57 Å². The molecule has 7 rings (SSSR count). The zero-order chi connectivity index (χ0) is 32.5. The third kappa shape index (κ3) is 6.48. The maximum absolute atomic E-state index is 13.8. The number of piperazine rings is 1. The average Bonchev–Trinajstić information content (AvgIpc) is 3.09. The van der Waals surface area contributed by atoms with Crippen molar-refractivity contribution >= 4 is 68.2 Å². The van der Waals surface area contributed by atoms with Crippen molar-refractivity contribution in [3.05, 3.63) is 64.8 Å². The molecule has 5 heterocycles. The fraction of sp³-hybridized carbons (Fsp3) is 0.412. The van der Waals surface area contributed by atoms with Crippen LogP contribution in [0.5, 0.6) is 5.75 Å². The van der Waals surface area contributed by atoms with Gasteiger partial charge in [0.15, 0.2) is 0 Å². The Balaban J connectivity index is 1.12. The number of hydrogen-bond acceptors (Lipinski definition) is 11. The Labute approximate surface area is 284 Å². The van der Waals surface area contributed by atoms with Crippen molar-refractivity contribution in [3.8, 4) is 5.75 Å². The van der Waals surface area contributed by atoms with Gasteiger partial charge in [0.25, 0.3) is 0 Å². The lowest BCUT2D eigenvalue weighted by Gasteiger charge is -2.43. The van der Waals surface area contributed by atoms with E-state index < -0.39 is 7.14 Å². The maximum atomic E-state index is 13.8. The second-order valence-electron chi connectivity index (χ2n) is 12.5. The lowest BCUT2D eigenvalue weighted by atomic mass is 9.99. The fourth-order valence-corrected chi connectivity index (χ4v) is 9.13. The van der Waals surface area contributed by atoms with Gasteiger partial charge in [-0.3, -0.25) is 14.9 Å². The van der Waals surface area contributed by atoms with Crippen molar-refractivity contribution in [1.82, 2.24) is 29.7 Å². The van der Waals surface area contributed by atoms with Crippen molar-refractivity contribution in [2.75, 3.05) is 75.1 Å². The maximum Gasteiger partial charge on any atom is 0.229 e. The molecule has 0 spiro atoms. The topological polar surface area (TPSA) is 112 Å². The van der Waals surface area contributed by atoms with Gasteiger partial charge < -0.3 is 29.7 Å². The van der Waals surface area contributed by atoms with E-state index in [4.69, 9.17) is 9.72 Å². The second-order valence-corrected chi connectivity index (χ2v) is 16.0. The summed E-state index contributed by atoms with van der Waals surface area (Å²) in [6.45, 7) is 8.92. The molecule has 246 valence electrons. The highest BCUT2D eigenvalue weighted by Crippen LogP contribution is 2.55. The van der Waals surface area contributed by atoms with Gasteiger partial charge >= 0.3 is 0 Å². The molecule has 13 heteroatoms. The van der Waals surface area contributed by atoms with Gasteiger partial charge in [0, 0.05) is 81.8 Å². The molecule has 3 aliphatic rings. The number of aryl methyl sites for hydroxylation is 1. The van der Waals surface area contributed by atoms with E-state index in [0.29, 0.717) is 50.5 Å². The number of hydrogen-bond donors (Lipinski definition) is 2. The number of allylic oxidation sites excluding steroid dienone is 1. The van der Waals surface area contributed by atoms with Crippen LogP contribution in [-0.2, 0) is 11.0 Å². The van der Waals surface area contributed by atoms with Crippen molar-refractivity contribution in [1.29, 1.82) is 0 Å². The molecule has 3 aliphatic heterocycles. The van der Waals surface area contributed by atoms with Gasteiger partial charge in [-0.25, -0.2) is 4.98 Å². The predicted octanol–water partition coefficient (Wildman–Crippen LogP) is 5.97. The average molecular weight is 719 g/mol. The molecule has 2 fully saturated rings. The fourth-order valence-electron chi connectivity index (χ4n) is 6.85. The van der Waals surface area contributed by atoms with Crippen LogP contribution in [-0.4, -0.2) is 95.4 Å². The SMILES string of the molecule is CCc1cc(Nc2ncc(Br)c(Nc3ccc4nccnc4c3P3(=O)C=CC3)n2)c(OC)cc1N1CCC(N2CCN(C)CC2)CC1. The van der Waals surface area contributed by atoms with Gasteiger partial charge in [-0.05, 0) is 71.8 Å². The van der Waals surface area contributed by atoms with E-state index in [0.717, 1.165) is 44.0 Å². The summed E-state index contributed by atoms with van der Waals surface area (Å²) in [5.41, 5.74) is 5.31. The summed E-state index contributed by atoms with van der Waals surface area (Å²) in [4.78, 5) is 26.0. The summed E-state index contributed by atoms with van der Waals surface area (Å²) in [6, 6.07) is 8.75. The van der Waals surface area contributed by atoms with Gasteiger partial charge in [0.1, 0.15) is 24.2 Å². The minimum Gasteiger partial charge on any atom is -0.494 e. The molecule has 0 amide bonds. The highest BCUT2D eigenvalue weighted by molar-refractivity contribution is 9.10. The molecule has 0 bridgehead atoms. The minimum absolute atomic E-state index is 0.411. The number of aromatic nitrogens is 4. The monoisotopic (exact) mass is 717 g/mol. The number of nitrogens with zero attached hydrogens (tertiary/aromatic N) is 7. The molecular weight excluding hydrogens is 677 g/mol. The summed E-state index contributed by atoms with van der Waals surface area (Å²) in [6.07, 6.45) is 10.7. The number of benzene rings is 2. The highest BCUT2D eigenvalue weighted by Gasteiger charge is 2.32. The van der Waals surface area contributed by atoms with Gasteiger partial charge in [-0.2, -0.15) is 4.98 Å². The Morgan fingerprint density at radius 3 is 2.47 bits per heavy atom. The van der Waals surface area contributed by atoms with Crippen molar-refractivity contribution in [2.24, 2.45) is 0 Å². The Kier molecular flexibility index (Phi) is 9.20. The first-order valence-electron chi connectivity index (χ1n) is 16.3. The van der Waals surface area contributed by atoms with Crippen molar-refractivity contribution in [3.63, 3.8) is 0 Å². The molecular formula is C34H41BrN9O2P. The van der Waals surface area contributed by atoms with Gasteiger partial charge in [-0.15, -0.1) is 0 Å². The van der Waals surface area contributed by atoms with Crippen LogP contribution in [0, 0.1) is 0 Å².